The van der Waals surface area contributed by atoms with Crippen molar-refractivity contribution in [3.8, 4) is 0 Å². The van der Waals surface area contributed by atoms with Crippen LogP contribution in [0.1, 0.15) is 40.0 Å². The van der Waals surface area contributed by atoms with Crippen molar-refractivity contribution >= 4 is 0 Å². The molecule has 1 unspecified atom stereocenters. The normalized spacial score (nSPS) is 30.8. The molecule has 0 spiro atoms. The van der Waals surface area contributed by atoms with Crippen molar-refractivity contribution < 1.29 is 13.5 Å². The van der Waals surface area contributed by atoms with E-state index in [1.807, 2.05) is 20.8 Å². The van der Waals surface area contributed by atoms with E-state index in [0.717, 1.165) is 6.42 Å². The van der Waals surface area contributed by atoms with Gasteiger partial charge in [-0.1, -0.05) is 6.92 Å². The number of hydrogen-bond donors (Lipinski definition) is 1. The molecule has 15 heavy (non-hydrogen) atoms. The van der Waals surface area contributed by atoms with Gasteiger partial charge in [0.1, 0.15) is 0 Å². The minimum atomic E-state index is -2.33. The van der Waals surface area contributed by atoms with Gasteiger partial charge in [0.2, 0.25) is 0 Å². The van der Waals surface area contributed by atoms with Crippen LogP contribution in [0, 0.1) is 0 Å². The van der Waals surface area contributed by atoms with Crippen molar-refractivity contribution in [3.05, 3.63) is 0 Å². The lowest BCUT2D eigenvalue weighted by Crippen LogP contribution is -2.59. The smallest absolute Gasteiger partial charge is 0.256 e. The van der Waals surface area contributed by atoms with E-state index >= 15 is 0 Å². The van der Waals surface area contributed by atoms with E-state index in [9.17, 15) is 8.78 Å². The Morgan fingerprint density at radius 2 is 2.07 bits per heavy atom. The molecular formula is C11H21F2NO. The summed E-state index contributed by atoms with van der Waals surface area (Å²) in [5.74, 6) is 0. The predicted molar refractivity (Wildman–Crippen MR) is 56.3 cm³/mol. The lowest BCUT2D eigenvalue weighted by Gasteiger charge is -2.44. The summed E-state index contributed by atoms with van der Waals surface area (Å²) in [5.41, 5.74) is -1.49. The first kappa shape index (κ1) is 12.8. The van der Waals surface area contributed by atoms with Crippen LogP contribution in [0.15, 0.2) is 0 Å². The minimum absolute atomic E-state index is 0.373. The number of halogens is 2. The number of hydrogen-bond acceptors (Lipinski definition) is 2. The van der Waals surface area contributed by atoms with Crippen molar-refractivity contribution in [2.24, 2.45) is 0 Å². The minimum Gasteiger partial charge on any atom is -0.375 e. The summed E-state index contributed by atoms with van der Waals surface area (Å²) in [6.45, 7) is 6.78. The van der Waals surface area contributed by atoms with E-state index in [-0.39, 0.29) is 0 Å². The van der Waals surface area contributed by atoms with Gasteiger partial charge in [0.15, 0.2) is 0 Å². The second-order valence-electron chi connectivity index (χ2n) is 4.92. The monoisotopic (exact) mass is 221 g/mol. The molecule has 1 fully saturated rings. The average Bonchev–Trinajstić information content (AvgIpc) is 2.13. The first-order valence-electron chi connectivity index (χ1n) is 5.59. The third kappa shape index (κ3) is 3.11. The Morgan fingerprint density at radius 1 is 1.40 bits per heavy atom. The molecule has 1 N–H and O–H groups in total. The highest BCUT2D eigenvalue weighted by molar-refractivity contribution is 4.98. The SMILES string of the molecule is CCCNC1(C(F)F)CCOC(C)(C)C1. The molecule has 1 aliphatic rings. The molecule has 4 heteroatoms. The van der Waals surface area contributed by atoms with Gasteiger partial charge < -0.3 is 10.1 Å². The van der Waals surface area contributed by atoms with Crippen LogP contribution in [0.5, 0.6) is 0 Å². The quantitative estimate of drug-likeness (QED) is 0.787. The third-order valence-electron chi connectivity index (χ3n) is 2.93. The fourth-order valence-corrected chi connectivity index (χ4v) is 2.20. The lowest BCUT2D eigenvalue weighted by atomic mass is 9.81. The zero-order chi connectivity index (χ0) is 11.5. The Bertz CT molecular complexity index is 209. The van der Waals surface area contributed by atoms with Crippen LogP contribution in [0.3, 0.4) is 0 Å². The van der Waals surface area contributed by atoms with Crippen LogP contribution >= 0.6 is 0 Å². The summed E-state index contributed by atoms with van der Waals surface area (Å²) in [6.07, 6.45) is -0.686. The van der Waals surface area contributed by atoms with Gasteiger partial charge in [-0.2, -0.15) is 0 Å². The lowest BCUT2D eigenvalue weighted by molar-refractivity contribution is -0.124. The zero-order valence-electron chi connectivity index (χ0n) is 9.78. The second-order valence-corrected chi connectivity index (χ2v) is 4.92. The zero-order valence-corrected chi connectivity index (χ0v) is 9.78. The van der Waals surface area contributed by atoms with E-state index in [4.69, 9.17) is 4.74 Å². The van der Waals surface area contributed by atoms with Crippen LogP contribution in [0.2, 0.25) is 0 Å². The maximum atomic E-state index is 13.1. The highest BCUT2D eigenvalue weighted by atomic mass is 19.3. The number of ether oxygens (including phenoxy) is 1. The molecule has 2 nitrogen and oxygen atoms in total. The fourth-order valence-electron chi connectivity index (χ4n) is 2.20. The summed E-state index contributed by atoms with van der Waals surface area (Å²) in [6, 6.07) is 0. The summed E-state index contributed by atoms with van der Waals surface area (Å²) in [4.78, 5) is 0. The Labute approximate surface area is 90.4 Å². The van der Waals surface area contributed by atoms with Crippen LogP contribution in [-0.2, 0) is 4.74 Å². The number of rotatable bonds is 4. The molecule has 0 radical (unpaired) electrons. The predicted octanol–water partition coefficient (Wildman–Crippen LogP) is 2.58. The molecule has 0 aromatic rings. The largest absolute Gasteiger partial charge is 0.375 e. The summed E-state index contributed by atoms with van der Waals surface area (Å²) in [5, 5.41) is 3.01. The summed E-state index contributed by atoms with van der Waals surface area (Å²) in [7, 11) is 0. The molecule has 1 heterocycles. The van der Waals surface area contributed by atoms with Crippen molar-refractivity contribution in [1.82, 2.24) is 5.32 Å². The van der Waals surface area contributed by atoms with Gasteiger partial charge in [-0.05, 0) is 39.7 Å². The molecule has 0 amide bonds. The van der Waals surface area contributed by atoms with Gasteiger partial charge in [-0.25, -0.2) is 8.78 Å². The van der Waals surface area contributed by atoms with Crippen LogP contribution < -0.4 is 5.32 Å². The average molecular weight is 221 g/mol. The van der Waals surface area contributed by atoms with Crippen molar-refractivity contribution in [2.75, 3.05) is 13.2 Å². The Kier molecular flexibility index (Phi) is 4.06. The maximum Gasteiger partial charge on any atom is 0.256 e. The van der Waals surface area contributed by atoms with Crippen LogP contribution in [-0.4, -0.2) is 30.7 Å². The van der Waals surface area contributed by atoms with Gasteiger partial charge >= 0.3 is 0 Å². The van der Waals surface area contributed by atoms with Crippen LogP contribution in [0.4, 0.5) is 8.78 Å². The molecule has 1 rings (SSSR count). The molecule has 1 atom stereocenters. The number of alkyl halides is 2. The molecule has 0 aromatic heterocycles. The van der Waals surface area contributed by atoms with E-state index in [0.29, 0.717) is 26.0 Å². The van der Waals surface area contributed by atoms with Gasteiger partial charge in [0, 0.05) is 6.61 Å². The van der Waals surface area contributed by atoms with Gasteiger partial charge in [-0.3, -0.25) is 0 Å². The van der Waals surface area contributed by atoms with E-state index < -0.39 is 17.6 Å². The first-order chi connectivity index (χ1) is 6.92. The maximum absolute atomic E-state index is 13.1. The summed E-state index contributed by atoms with van der Waals surface area (Å²) < 4.78 is 31.7. The molecular weight excluding hydrogens is 200 g/mol. The van der Waals surface area contributed by atoms with E-state index in [2.05, 4.69) is 5.32 Å². The Balaban J connectivity index is 2.71. The fraction of sp³-hybridized carbons (Fsp3) is 1.00. The highest BCUT2D eigenvalue weighted by Gasteiger charge is 2.46. The molecule has 1 saturated heterocycles. The van der Waals surface area contributed by atoms with Gasteiger partial charge in [0.05, 0.1) is 11.1 Å². The third-order valence-corrected chi connectivity index (χ3v) is 2.93. The molecule has 0 saturated carbocycles. The van der Waals surface area contributed by atoms with Gasteiger partial charge in [-0.15, -0.1) is 0 Å². The van der Waals surface area contributed by atoms with Crippen molar-refractivity contribution in [3.63, 3.8) is 0 Å². The highest BCUT2D eigenvalue weighted by Crippen LogP contribution is 2.36. The Hall–Kier alpha value is -0.220. The summed E-state index contributed by atoms with van der Waals surface area (Å²) >= 11 is 0. The molecule has 1 aliphatic heterocycles. The molecule has 0 aliphatic carbocycles. The van der Waals surface area contributed by atoms with E-state index in [1.54, 1.807) is 0 Å². The second kappa shape index (κ2) is 4.74. The van der Waals surface area contributed by atoms with E-state index in [1.165, 1.54) is 0 Å². The topological polar surface area (TPSA) is 21.3 Å². The van der Waals surface area contributed by atoms with Crippen LogP contribution in [0.25, 0.3) is 0 Å². The molecule has 90 valence electrons. The molecule has 0 bridgehead atoms. The van der Waals surface area contributed by atoms with Crippen molar-refractivity contribution in [1.29, 1.82) is 0 Å². The first-order valence-corrected chi connectivity index (χ1v) is 5.59. The van der Waals surface area contributed by atoms with Gasteiger partial charge in [0.25, 0.3) is 6.43 Å². The Morgan fingerprint density at radius 3 is 2.53 bits per heavy atom. The number of nitrogens with one attached hydrogen (secondary N) is 1. The molecule has 0 aromatic carbocycles. The van der Waals surface area contributed by atoms with Crippen molar-refractivity contribution in [2.45, 2.75) is 57.6 Å². The standard InChI is InChI=1S/C11H21F2NO/c1-4-6-14-11(9(12)13)5-7-15-10(2,3)8-11/h9,14H,4-8H2,1-3H3.